The zero-order valence-corrected chi connectivity index (χ0v) is 27.9. The van der Waals surface area contributed by atoms with Crippen LogP contribution in [-0.4, -0.2) is 61.7 Å². The number of alkyl carbamates (subject to hydrolysis) is 1. The minimum absolute atomic E-state index is 0.0596. The van der Waals surface area contributed by atoms with Gasteiger partial charge in [-0.25, -0.2) is 9.89 Å². The Morgan fingerprint density at radius 3 is 2.24 bits per heavy atom. The summed E-state index contributed by atoms with van der Waals surface area (Å²) in [6.45, 7) is 5.83. The molecule has 2 aromatic carbocycles. The van der Waals surface area contributed by atoms with Crippen molar-refractivity contribution in [2.24, 2.45) is 11.8 Å². The maximum atomic E-state index is 13.6. The summed E-state index contributed by atoms with van der Waals surface area (Å²) in [4.78, 5) is 42.8. The van der Waals surface area contributed by atoms with Gasteiger partial charge in [-0.3, -0.25) is 14.6 Å². The molecule has 0 spiro atoms. The number of alkyl halides is 3. The fourth-order valence-corrected chi connectivity index (χ4v) is 5.81. The van der Waals surface area contributed by atoms with Crippen LogP contribution in [0.15, 0.2) is 66.9 Å². The second-order valence-corrected chi connectivity index (χ2v) is 13.3. The van der Waals surface area contributed by atoms with E-state index in [-0.39, 0.29) is 29.7 Å². The Hall–Kier alpha value is -5.34. The Morgan fingerprint density at radius 1 is 0.940 bits per heavy atom. The van der Waals surface area contributed by atoms with Gasteiger partial charge < -0.3 is 20.7 Å². The van der Waals surface area contributed by atoms with Crippen molar-refractivity contribution in [3.05, 3.63) is 78.1 Å². The number of pyridine rings is 1. The number of H-pyrrole nitrogens is 1. The molecular formula is C35H39F3N8O4. The number of carbonyl (C=O) groups excluding carboxylic acids is 3. The van der Waals surface area contributed by atoms with Gasteiger partial charge in [-0.1, -0.05) is 30.3 Å². The molecule has 12 nitrogen and oxygen atoms in total. The van der Waals surface area contributed by atoms with Gasteiger partial charge in [0.15, 0.2) is 11.5 Å². The van der Waals surface area contributed by atoms with E-state index in [1.807, 2.05) is 0 Å². The first kappa shape index (κ1) is 36.0. The average molecular weight is 693 g/mol. The van der Waals surface area contributed by atoms with Crippen molar-refractivity contribution in [3.8, 4) is 22.5 Å². The lowest BCUT2D eigenvalue weighted by Crippen LogP contribution is -2.48. The van der Waals surface area contributed by atoms with E-state index in [0.717, 1.165) is 6.20 Å². The van der Waals surface area contributed by atoms with Gasteiger partial charge in [0, 0.05) is 41.9 Å². The molecule has 2 aromatic heterocycles. The van der Waals surface area contributed by atoms with Crippen molar-refractivity contribution in [2.45, 2.75) is 70.7 Å². The van der Waals surface area contributed by atoms with Crippen LogP contribution in [0.1, 0.15) is 57.7 Å². The predicted molar refractivity (Wildman–Crippen MR) is 178 cm³/mol. The van der Waals surface area contributed by atoms with E-state index in [1.165, 1.54) is 12.1 Å². The molecule has 2 heterocycles. The van der Waals surface area contributed by atoms with Crippen LogP contribution in [0.2, 0.25) is 0 Å². The van der Waals surface area contributed by atoms with Gasteiger partial charge in [-0.2, -0.15) is 13.2 Å². The second kappa shape index (κ2) is 15.5. The largest absolute Gasteiger partial charge is 0.444 e. The van der Waals surface area contributed by atoms with Crippen LogP contribution in [0.4, 0.5) is 23.7 Å². The molecule has 4 N–H and O–H groups in total. The zero-order valence-electron chi connectivity index (χ0n) is 27.9. The number of aromatic amines is 1. The Bertz CT molecular complexity index is 1750. The molecule has 0 saturated heterocycles. The van der Waals surface area contributed by atoms with Gasteiger partial charge in [0.05, 0.1) is 0 Å². The van der Waals surface area contributed by atoms with E-state index in [2.05, 4.69) is 41.6 Å². The zero-order chi connectivity index (χ0) is 35.9. The maximum Gasteiger partial charge on any atom is 0.433 e. The molecule has 264 valence electrons. The van der Waals surface area contributed by atoms with Crippen LogP contribution in [0.5, 0.6) is 0 Å². The number of aromatic nitrogens is 5. The van der Waals surface area contributed by atoms with Gasteiger partial charge in [-0.05, 0) is 104 Å². The average Bonchev–Trinajstić information content (AvgIpc) is 3.62. The molecule has 50 heavy (non-hydrogen) atoms. The van der Waals surface area contributed by atoms with E-state index < -0.39 is 35.5 Å². The smallest absolute Gasteiger partial charge is 0.433 e. The summed E-state index contributed by atoms with van der Waals surface area (Å²) in [5.41, 5.74) is 0.497. The van der Waals surface area contributed by atoms with Gasteiger partial charge in [0.25, 0.3) is 0 Å². The molecule has 0 unspecified atom stereocenters. The highest BCUT2D eigenvalue weighted by Gasteiger charge is 2.35. The first-order valence-electron chi connectivity index (χ1n) is 16.3. The number of nitrogens with zero attached hydrogens (tertiary/aromatic N) is 4. The number of nitrogens with one attached hydrogen (secondary N) is 4. The summed E-state index contributed by atoms with van der Waals surface area (Å²) >= 11 is 0. The van der Waals surface area contributed by atoms with Gasteiger partial charge in [0.2, 0.25) is 11.8 Å². The predicted octanol–water partition coefficient (Wildman–Crippen LogP) is 5.94. The summed E-state index contributed by atoms with van der Waals surface area (Å²) in [7, 11) is 0. The Labute approximate surface area is 287 Å². The molecule has 1 aliphatic carbocycles. The van der Waals surface area contributed by atoms with Crippen LogP contribution >= 0.6 is 0 Å². The van der Waals surface area contributed by atoms with E-state index in [1.54, 1.807) is 69.3 Å². The van der Waals surface area contributed by atoms with E-state index in [4.69, 9.17) is 4.74 Å². The van der Waals surface area contributed by atoms with Crippen molar-refractivity contribution < 1.29 is 32.3 Å². The third kappa shape index (κ3) is 9.86. The van der Waals surface area contributed by atoms with Crippen molar-refractivity contribution in [2.75, 3.05) is 11.9 Å². The monoisotopic (exact) mass is 692 g/mol. The molecule has 1 atom stereocenters. The summed E-state index contributed by atoms with van der Waals surface area (Å²) in [5, 5.41) is 22.2. The minimum atomic E-state index is -4.62. The van der Waals surface area contributed by atoms with Crippen molar-refractivity contribution in [1.29, 1.82) is 0 Å². The van der Waals surface area contributed by atoms with Gasteiger partial charge in [-0.15, -0.1) is 5.10 Å². The summed E-state index contributed by atoms with van der Waals surface area (Å²) in [6.07, 6.45) is -1.32. The molecule has 1 saturated carbocycles. The number of tetrazole rings is 1. The summed E-state index contributed by atoms with van der Waals surface area (Å²) in [6, 6.07) is 15.0. The summed E-state index contributed by atoms with van der Waals surface area (Å²) < 4.78 is 46.1. The van der Waals surface area contributed by atoms with Crippen LogP contribution in [0, 0.1) is 11.8 Å². The van der Waals surface area contributed by atoms with Gasteiger partial charge in [0.1, 0.15) is 11.6 Å². The Kier molecular flexibility index (Phi) is 11.1. The Morgan fingerprint density at radius 2 is 1.62 bits per heavy atom. The van der Waals surface area contributed by atoms with Crippen molar-refractivity contribution in [3.63, 3.8) is 0 Å². The number of benzene rings is 2. The molecule has 5 rings (SSSR count). The lowest BCUT2D eigenvalue weighted by Gasteiger charge is -2.29. The maximum absolute atomic E-state index is 13.6. The molecule has 1 aliphatic rings. The normalized spacial score (nSPS) is 17.0. The molecule has 0 radical (unpaired) electrons. The van der Waals surface area contributed by atoms with E-state index in [0.29, 0.717) is 60.4 Å². The number of ether oxygens (including phenoxy) is 1. The molecular weight excluding hydrogens is 653 g/mol. The fourth-order valence-electron chi connectivity index (χ4n) is 5.81. The standard InChI is InChI=1S/C35H39F3N8O4/c1-34(2,3)50-33(49)40-20-22-8-12-25(13-9-22)31(47)42-28(32(48)41-26-16-14-24(15-17-26)30-43-45-46-44-30)19-21-6-10-23(11-7-21)27-5-4-18-39-29(27)35(36,37)38/h4-7,10-11,14-18,22,25,28H,8-9,12-13,19-20H2,1-3H3,(H,40,49)(H,41,48)(H,42,47)(H,43,44,45,46)/t22-,25-,28-/m0/s1. The quantitative estimate of drug-likeness (QED) is 0.159. The third-order valence-electron chi connectivity index (χ3n) is 8.34. The third-order valence-corrected chi connectivity index (χ3v) is 8.34. The SMILES string of the molecule is CC(C)(C)OC(=O)NC[C@H]1CC[C@H](C(=O)N[C@@H](Cc2ccc(-c3cccnc3C(F)(F)F)cc2)C(=O)Nc2ccc(-c3nnn[nH]3)cc2)CC1. The van der Waals surface area contributed by atoms with Crippen molar-refractivity contribution >= 4 is 23.6 Å². The number of rotatable bonds is 10. The van der Waals surface area contributed by atoms with E-state index in [9.17, 15) is 27.6 Å². The minimum Gasteiger partial charge on any atom is -0.444 e. The topological polar surface area (TPSA) is 164 Å². The first-order valence-corrected chi connectivity index (χ1v) is 16.3. The second-order valence-electron chi connectivity index (χ2n) is 13.3. The number of amides is 3. The molecule has 0 aliphatic heterocycles. The fraction of sp³-hybridized carbons (Fsp3) is 0.400. The highest BCUT2D eigenvalue weighted by molar-refractivity contribution is 5.97. The Balaban J connectivity index is 1.26. The van der Waals surface area contributed by atoms with Crippen LogP contribution in [0.25, 0.3) is 22.5 Å². The molecule has 0 bridgehead atoms. The van der Waals surface area contributed by atoms with Crippen LogP contribution in [-0.2, 0) is 26.9 Å². The molecule has 15 heteroatoms. The number of halogens is 3. The van der Waals surface area contributed by atoms with Crippen molar-refractivity contribution in [1.82, 2.24) is 36.2 Å². The number of carbonyl (C=O) groups is 3. The molecule has 1 fully saturated rings. The van der Waals surface area contributed by atoms with Crippen LogP contribution < -0.4 is 16.0 Å². The lowest BCUT2D eigenvalue weighted by atomic mass is 9.81. The summed E-state index contributed by atoms with van der Waals surface area (Å²) in [5.74, 6) is -0.401. The van der Waals surface area contributed by atoms with E-state index >= 15 is 0 Å². The number of hydrogen-bond donors (Lipinski definition) is 4. The first-order chi connectivity index (χ1) is 23.7. The lowest BCUT2D eigenvalue weighted by molar-refractivity contribution is -0.140. The highest BCUT2D eigenvalue weighted by Crippen LogP contribution is 2.35. The molecule has 4 aromatic rings. The molecule has 3 amide bonds. The van der Waals surface area contributed by atoms with Gasteiger partial charge >= 0.3 is 12.3 Å². The van der Waals surface area contributed by atoms with Crippen LogP contribution in [0.3, 0.4) is 0 Å². The number of anilines is 1. The highest BCUT2D eigenvalue weighted by atomic mass is 19.4. The number of hydrogen-bond acceptors (Lipinski definition) is 8.